The number of nitrogens with zero attached hydrogens (tertiary/aromatic N) is 2. The van der Waals surface area contributed by atoms with E-state index in [1.165, 1.54) is 11.3 Å². The summed E-state index contributed by atoms with van der Waals surface area (Å²) in [5.41, 5.74) is 0.819. The van der Waals surface area contributed by atoms with Gasteiger partial charge in [0.05, 0.1) is 18.4 Å². The fourth-order valence-corrected chi connectivity index (χ4v) is 4.71. The largest absolute Gasteiger partial charge is 0.480 e. The number of halogens is 1. The molecule has 1 atom stereocenters. The Hall–Kier alpha value is -2.41. The summed E-state index contributed by atoms with van der Waals surface area (Å²) in [6.07, 6.45) is 9.08. The number of unbranched alkanes of at least 4 members (excludes halogenated alkanes) is 1. The molecule has 0 aliphatic rings. The maximum absolute atomic E-state index is 12.1. The first kappa shape index (κ1) is 23.3. The Bertz CT molecular complexity index is 1030. The third kappa shape index (κ3) is 5.26. The summed E-state index contributed by atoms with van der Waals surface area (Å²) < 4.78 is 2.17. The number of hydrogen-bond acceptors (Lipinski definition) is 4. The molecule has 164 valence electrons. The fourth-order valence-electron chi connectivity index (χ4n) is 3.58. The predicted octanol–water partition coefficient (Wildman–Crippen LogP) is 5.59. The van der Waals surface area contributed by atoms with Crippen molar-refractivity contribution in [3.63, 3.8) is 0 Å². The molecule has 1 unspecified atom stereocenters. The number of thiophene rings is 1. The molecule has 0 bridgehead atoms. The van der Waals surface area contributed by atoms with Gasteiger partial charge in [-0.3, -0.25) is 0 Å². The molecule has 2 heterocycles. The number of carboxylic acid groups (broad SMARTS) is 1. The van der Waals surface area contributed by atoms with Gasteiger partial charge in [-0.1, -0.05) is 55.3 Å². The quantitative estimate of drug-likeness (QED) is 0.393. The zero-order valence-electron chi connectivity index (χ0n) is 17.8. The van der Waals surface area contributed by atoms with Crippen LogP contribution in [0, 0.1) is 0 Å². The van der Waals surface area contributed by atoms with Crippen LogP contribution in [0.25, 0.3) is 6.08 Å². The van der Waals surface area contributed by atoms with E-state index in [0.717, 1.165) is 46.2 Å². The van der Waals surface area contributed by atoms with Gasteiger partial charge in [0.1, 0.15) is 5.82 Å². The number of hydrogen-bond donors (Lipinski definition) is 2. The Labute approximate surface area is 192 Å². The summed E-state index contributed by atoms with van der Waals surface area (Å²) in [6, 6.07) is 11.5. The van der Waals surface area contributed by atoms with Gasteiger partial charge in [0.25, 0.3) is 0 Å². The molecule has 0 saturated carbocycles. The monoisotopic (exact) mass is 457 g/mol. The average Bonchev–Trinajstić information content (AvgIpc) is 3.42. The Morgan fingerprint density at radius 2 is 2.13 bits per heavy atom. The number of benzene rings is 1. The maximum Gasteiger partial charge on any atom is 0.329 e. The van der Waals surface area contributed by atoms with Crippen LogP contribution in [0.3, 0.4) is 0 Å². The van der Waals surface area contributed by atoms with Crippen LogP contribution in [-0.2, 0) is 23.3 Å². The van der Waals surface area contributed by atoms with E-state index in [0.29, 0.717) is 13.0 Å². The molecule has 5 nitrogen and oxygen atoms in total. The van der Waals surface area contributed by atoms with Crippen molar-refractivity contribution in [3.05, 3.63) is 81.0 Å². The molecule has 0 spiro atoms. The lowest BCUT2D eigenvalue weighted by Gasteiger charge is -2.26. The van der Waals surface area contributed by atoms with Crippen LogP contribution in [0.4, 0.5) is 0 Å². The standard InChI is InChI=1S/C24H28ClN3O2S/c1-3-4-13-22-27-16-19(28(22)17-18-9-5-6-11-20(18)25)10-7-14-24(26-2,23(29)30)21-12-8-15-31-21/h5-12,15-16,26H,3-4,13-14,17H2,1-2H3,(H,29,30)/b10-7+. The molecule has 0 saturated heterocycles. The van der Waals surface area contributed by atoms with Gasteiger partial charge in [0.15, 0.2) is 5.54 Å². The highest BCUT2D eigenvalue weighted by Crippen LogP contribution is 2.30. The Morgan fingerprint density at radius 3 is 2.77 bits per heavy atom. The number of aromatic nitrogens is 2. The molecule has 7 heteroatoms. The van der Waals surface area contributed by atoms with E-state index in [9.17, 15) is 9.90 Å². The van der Waals surface area contributed by atoms with Crippen LogP contribution in [0.2, 0.25) is 5.02 Å². The van der Waals surface area contributed by atoms with Crippen LogP contribution in [0.1, 0.15) is 48.1 Å². The second-order valence-corrected chi connectivity index (χ2v) is 8.78. The predicted molar refractivity (Wildman–Crippen MR) is 128 cm³/mol. The van der Waals surface area contributed by atoms with Crippen molar-refractivity contribution >= 4 is 35.0 Å². The normalized spacial score (nSPS) is 13.5. The van der Waals surface area contributed by atoms with E-state index in [-0.39, 0.29) is 0 Å². The Balaban J connectivity index is 1.89. The van der Waals surface area contributed by atoms with Crippen molar-refractivity contribution in [2.45, 2.75) is 44.7 Å². The summed E-state index contributed by atoms with van der Waals surface area (Å²) in [5.74, 6) is 0.119. The molecule has 0 aliphatic carbocycles. The van der Waals surface area contributed by atoms with Crippen LogP contribution < -0.4 is 5.32 Å². The topological polar surface area (TPSA) is 67.2 Å². The highest BCUT2D eigenvalue weighted by Gasteiger charge is 2.38. The van der Waals surface area contributed by atoms with Gasteiger partial charge < -0.3 is 15.0 Å². The van der Waals surface area contributed by atoms with Crippen molar-refractivity contribution in [2.24, 2.45) is 0 Å². The van der Waals surface area contributed by atoms with Gasteiger partial charge in [-0.2, -0.15) is 0 Å². The van der Waals surface area contributed by atoms with Crippen molar-refractivity contribution in [3.8, 4) is 0 Å². The van der Waals surface area contributed by atoms with E-state index in [4.69, 9.17) is 11.6 Å². The molecule has 2 N–H and O–H groups in total. The number of aliphatic carboxylic acids is 1. The number of carbonyl (C=O) groups is 1. The number of imidazole rings is 1. The van der Waals surface area contributed by atoms with Gasteiger partial charge in [-0.15, -0.1) is 11.3 Å². The zero-order valence-corrected chi connectivity index (χ0v) is 19.4. The lowest BCUT2D eigenvalue weighted by atomic mass is 9.93. The molecule has 31 heavy (non-hydrogen) atoms. The minimum Gasteiger partial charge on any atom is -0.480 e. The SMILES string of the molecule is CCCCc1ncc(/C=C/CC(NC)(C(=O)O)c2cccs2)n1Cc1ccccc1Cl. The number of aryl methyl sites for hydroxylation is 1. The fraction of sp³-hybridized carbons (Fsp3) is 0.333. The van der Waals surface area contributed by atoms with Crippen LogP contribution >= 0.6 is 22.9 Å². The van der Waals surface area contributed by atoms with E-state index in [1.807, 2.05) is 60.1 Å². The summed E-state index contributed by atoms with van der Waals surface area (Å²) in [4.78, 5) is 17.6. The van der Waals surface area contributed by atoms with Gasteiger partial charge in [0.2, 0.25) is 0 Å². The highest BCUT2D eigenvalue weighted by molar-refractivity contribution is 7.10. The van der Waals surface area contributed by atoms with Crippen molar-refractivity contribution in [1.29, 1.82) is 0 Å². The van der Waals surface area contributed by atoms with E-state index < -0.39 is 11.5 Å². The van der Waals surface area contributed by atoms with Crippen molar-refractivity contribution in [2.75, 3.05) is 7.05 Å². The molecule has 3 aromatic rings. The smallest absolute Gasteiger partial charge is 0.329 e. The van der Waals surface area contributed by atoms with E-state index in [1.54, 1.807) is 7.05 Å². The number of likely N-dealkylation sites (N-methyl/N-ethyl adjacent to an activating group) is 1. The average molecular weight is 458 g/mol. The number of rotatable bonds is 11. The summed E-state index contributed by atoms with van der Waals surface area (Å²) in [5, 5.41) is 15.6. The first-order chi connectivity index (χ1) is 15.0. The molecule has 3 rings (SSSR count). The van der Waals surface area contributed by atoms with Crippen molar-refractivity contribution in [1.82, 2.24) is 14.9 Å². The molecular weight excluding hydrogens is 430 g/mol. The number of carboxylic acids is 1. The lowest BCUT2D eigenvalue weighted by Crippen LogP contribution is -2.46. The van der Waals surface area contributed by atoms with Gasteiger partial charge >= 0.3 is 5.97 Å². The van der Waals surface area contributed by atoms with Gasteiger partial charge in [-0.25, -0.2) is 9.78 Å². The molecule has 1 aromatic carbocycles. The highest BCUT2D eigenvalue weighted by atomic mass is 35.5. The molecule has 0 radical (unpaired) electrons. The molecule has 0 fully saturated rings. The third-order valence-electron chi connectivity index (χ3n) is 5.46. The zero-order chi connectivity index (χ0) is 22.3. The summed E-state index contributed by atoms with van der Waals surface area (Å²) in [6.45, 7) is 2.79. The van der Waals surface area contributed by atoms with Gasteiger partial charge in [-0.05, 0) is 49.0 Å². The maximum atomic E-state index is 12.1. The third-order valence-corrected chi connectivity index (χ3v) is 6.86. The summed E-state index contributed by atoms with van der Waals surface area (Å²) in [7, 11) is 1.69. The van der Waals surface area contributed by atoms with E-state index >= 15 is 0 Å². The second kappa shape index (κ2) is 10.8. The van der Waals surface area contributed by atoms with Gasteiger partial charge in [0, 0.05) is 16.3 Å². The second-order valence-electron chi connectivity index (χ2n) is 7.42. The first-order valence-corrected chi connectivity index (χ1v) is 11.7. The van der Waals surface area contributed by atoms with Crippen LogP contribution in [0.5, 0.6) is 0 Å². The first-order valence-electron chi connectivity index (χ1n) is 10.4. The van der Waals surface area contributed by atoms with Crippen LogP contribution in [-0.4, -0.2) is 27.7 Å². The van der Waals surface area contributed by atoms with E-state index in [2.05, 4.69) is 21.8 Å². The Morgan fingerprint density at radius 1 is 1.32 bits per heavy atom. The summed E-state index contributed by atoms with van der Waals surface area (Å²) >= 11 is 7.84. The number of nitrogens with one attached hydrogen (secondary N) is 1. The molecule has 0 amide bonds. The minimum atomic E-state index is -1.15. The Kier molecular flexibility index (Phi) is 8.07. The molecule has 2 aromatic heterocycles. The van der Waals surface area contributed by atoms with Crippen molar-refractivity contribution < 1.29 is 9.90 Å². The lowest BCUT2D eigenvalue weighted by molar-refractivity contribution is -0.144. The molecule has 0 aliphatic heterocycles. The minimum absolute atomic E-state index is 0.320. The molecular formula is C24H28ClN3O2S. The van der Waals surface area contributed by atoms with Crippen LogP contribution in [0.15, 0.2) is 54.1 Å².